The van der Waals surface area contributed by atoms with Gasteiger partial charge in [0.15, 0.2) is 6.10 Å². The minimum atomic E-state index is -1.15. The average molecular weight is 284 g/mol. The summed E-state index contributed by atoms with van der Waals surface area (Å²) in [6.45, 7) is 4.72. The van der Waals surface area contributed by atoms with Gasteiger partial charge in [-0.25, -0.2) is 9.59 Å². The first-order valence-corrected chi connectivity index (χ1v) is 5.95. The molecule has 0 aliphatic rings. The molecule has 2 amide bonds. The number of methoxy groups -OCH3 is 1. The first-order valence-electron chi connectivity index (χ1n) is 5.95. The maximum absolute atomic E-state index is 12.0. The summed E-state index contributed by atoms with van der Waals surface area (Å²) in [5.41, 5.74) is 0.651. The van der Waals surface area contributed by atoms with Crippen LogP contribution in [0.1, 0.15) is 35.7 Å². The molecule has 1 heterocycles. The van der Waals surface area contributed by atoms with Crippen molar-refractivity contribution >= 4 is 18.0 Å². The zero-order chi connectivity index (χ0) is 15.3. The van der Waals surface area contributed by atoms with Crippen LogP contribution in [0.5, 0.6) is 0 Å². The minimum Gasteiger partial charge on any atom is -0.453 e. The van der Waals surface area contributed by atoms with E-state index in [-0.39, 0.29) is 5.56 Å². The van der Waals surface area contributed by atoms with Crippen LogP contribution >= 0.6 is 0 Å². The molecular formula is C12H16N2O6. The van der Waals surface area contributed by atoms with Gasteiger partial charge in [-0.2, -0.15) is 0 Å². The Kier molecular flexibility index (Phi) is 5.24. The van der Waals surface area contributed by atoms with Crippen LogP contribution in [0.2, 0.25) is 0 Å². The van der Waals surface area contributed by atoms with Gasteiger partial charge in [0.25, 0.3) is 5.91 Å². The highest BCUT2D eigenvalue weighted by Crippen LogP contribution is 2.16. The van der Waals surface area contributed by atoms with Crippen LogP contribution in [0.3, 0.4) is 0 Å². The molecule has 8 heteroatoms. The van der Waals surface area contributed by atoms with Crippen LogP contribution in [-0.4, -0.2) is 36.3 Å². The zero-order valence-electron chi connectivity index (χ0n) is 11.7. The lowest BCUT2D eigenvalue weighted by molar-refractivity contribution is -0.128. The van der Waals surface area contributed by atoms with Crippen molar-refractivity contribution in [2.24, 2.45) is 0 Å². The Morgan fingerprint density at radius 1 is 1.40 bits per heavy atom. The standard InChI is InChI=1S/C12H16N2O6/c1-5-8-9(6(2)20-14-8)11(16)19-7(3)10(15)13-12(17)18-4/h7H,5H2,1-4H3,(H,13,15,17)/t7-/m0/s1. The Morgan fingerprint density at radius 3 is 2.60 bits per heavy atom. The third kappa shape index (κ3) is 3.56. The number of esters is 1. The van der Waals surface area contributed by atoms with Gasteiger partial charge < -0.3 is 14.0 Å². The molecule has 0 fully saturated rings. The van der Waals surface area contributed by atoms with E-state index < -0.39 is 24.1 Å². The third-order valence-electron chi connectivity index (χ3n) is 2.54. The fourth-order valence-electron chi connectivity index (χ4n) is 1.45. The first kappa shape index (κ1) is 15.7. The highest BCUT2D eigenvalue weighted by atomic mass is 16.6. The molecule has 0 spiro atoms. The fourth-order valence-corrected chi connectivity index (χ4v) is 1.45. The van der Waals surface area contributed by atoms with E-state index in [9.17, 15) is 14.4 Å². The second kappa shape index (κ2) is 6.69. The van der Waals surface area contributed by atoms with E-state index in [1.54, 1.807) is 6.92 Å². The number of alkyl carbamates (subject to hydrolysis) is 1. The molecule has 0 saturated heterocycles. The first-order chi connectivity index (χ1) is 9.40. The number of nitrogens with zero attached hydrogens (tertiary/aromatic N) is 1. The number of carbonyl (C=O) groups excluding carboxylic acids is 3. The molecule has 0 radical (unpaired) electrons. The maximum atomic E-state index is 12.0. The van der Waals surface area contributed by atoms with Crippen molar-refractivity contribution in [3.63, 3.8) is 0 Å². The predicted molar refractivity (Wildman–Crippen MR) is 66.0 cm³/mol. The molecule has 1 aromatic rings. The smallest absolute Gasteiger partial charge is 0.413 e. The molecular weight excluding hydrogens is 268 g/mol. The Hall–Kier alpha value is -2.38. The van der Waals surface area contributed by atoms with Crippen LogP contribution in [0, 0.1) is 6.92 Å². The van der Waals surface area contributed by atoms with Gasteiger partial charge in [0.2, 0.25) is 0 Å². The predicted octanol–water partition coefficient (Wildman–Crippen LogP) is 0.973. The van der Waals surface area contributed by atoms with Crippen molar-refractivity contribution in [2.45, 2.75) is 33.3 Å². The quantitative estimate of drug-likeness (QED) is 0.821. The number of aromatic nitrogens is 1. The molecule has 1 rings (SSSR count). The molecule has 0 aromatic carbocycles. The Labute approximate surface area is 115 Å². The Bertz CT molecular complexity index is 522. The lowest BCUT2D eigenvalue weighted by Gasteiger charge is -2.12. The van der Waals surface area contributed by atoms with Crippen molar-refractivity contribution in [3.05, 3.63) is 17.0 Å². The lowest BCUT2D eigenvalue weighted by atomic mass is 10.1. The van der Waals surface area contributed by atoms with E-state index in [2.05, 4.69) is 9.89 Å². The second-order valence-electron chi connectivity index (χ2n) is 3.94. The van der Waals surface area contributed by atoms with E-state index in [4.69, 9.17) is 9.26 Å². The number of aryl methyl sites for hydroxylation is 2. The topological polar surface area (TPSA) is 108 Å². The van der Waals surface area contributed by atoms with Crippen LogP contribution in [0.25, 0.3) is 0 Å². The molecule has 110 valence electrons. The molecule has 0 saturated carbocycles. The van der Waals surface area contributed by atoms with Gasteiger partial charge in [-0.15, -0.1) is 0 Å². The Balaban J connectivity index is 2.72. The Morgan fingerprint density at radius 2 is 2.05 bits per heavy atom. The van der Waals surface area contributed by atoms with Crippen LogP contribution in [-0.2, 0) is 20.7 Å². The van der Waals surface area contributed by atoms with Crippen LogP contribution in [0.4, 0.5) is 4.79 Å². The lowest BCUT2D eigenvalue weighted by Crippen LogP contribution is -2.39. The molecule has 0 aliphatic heterocycles. The summed E-state index contributed by atoms with van der Waals surface area (Å²) in [6.07, 6.45) is -1.58. The minimum absolute atomic E-state index is 0.199. The highest BCUT2D eigenvalue weighted by Gasteiger charge is 2.25. The average Bonchev–Trinajstić information content (AvgIpc) is 2.79. The van der Waals surface area contributed by atoms with Crippen molar-refractivity contribution < 1.29 is 28.4 Å². The van der Waals surface area contributed by atoms with Gasteiger partial charge in [0.05, 0.1) is 12.8 Å². The number of amides is 2. The largest absolute Gasteiger partial charge is 0.453 e. The molecule has 1 atom stereocenters. The van der Waals surface area contributed by atoms with Crippen molar-refractivity contribution in [1.82, 2.24) is 10.5 Å². The number of ether oxygens (including phenoxy) is 2. The van der Waals surface area contributed by atoms with Crippen LogP contribution < -0.4 is 5.32 Å². The van der Waals surface area contributed by atoms with E-state index in [1.807, 2.05) is 12.2 Å². The van der Waals surface area contributed by atoms with Gasteiger partial charge >= 0.3 is 12.1 Å². The summed E-state index contributed by atoms with van der Waals surface area (Å²) >= 11 is 0. The fraction of sp³-hybridized carbons (Fsp3) is 0.500. The van der Waals surface area contributed by atoms with Gasteiger partial charge in [0, 0.05) is 0 Å². The highest BCUT2D eigenvalue weighted by molar-refractivity contribution is 5.97. The SMILES string of the molecule is CCc1noc(C)c1C(=O)O[C@@H](C)C(=O)NC(=O)OC. The molecule has 20 heavy (non-hydrogen) atoms. The monoisotopic (exact) mass is 284 g/mol. The normalized spacial score (nSPS) is 11.6. The second-order valence-corrected chi connectivity index (χ2v) is 3.94. The van der Waals surface area contributed by atoms with Crippen molar-refractivity contribution in [3.8, 4) is 0 Å². The summed E-state index contributed by atoms with van der Waals surface area (Å²) in [5, 5.41) is 5.63. The number of hydrogen-bond donors (Lipinski definition) is 1. The summed E-state index contributed by atoms with van der Waals surface area (Å²) in [7, 11) is 1.12. The number of carbonyl (C=O) groups is 3. The molecule has 8 nitrogen and oxygen atoms in total. The van der Waals surface area contributed by atoms with Gasteiger partial charge in [-0.3, -0.25) is 10.1 Å². The summed E-state index contributed by atoms with van der Waals surface area (Å²) in [5.74, 6) is -1.20. The summed E-state index contributed by atoms with van der Waals surface area (Å²) < 4.78 is 14.1. The summed E-state index contributed by atoms with van der Waals surface area (Å²) in [6, 6.07) is 0. The van der Waals surface area contributed by atoms with Crippen molar-refractivity contribution in [2.75, 3.05) is 7.11 Å². The van der Waals surface area contributed by atoms with E-state index >= 15 is 0 Å². The van der Waals surface area contributed by atoms with Gasteiger partial charge in [0.1, 0.15) is 11.3 Å². The van der Waals surface area contributed by atoms with E-state index in [0.717, 1.165) is 7.11 Å². The molecule has 1 aromatic heterocycles. The van der Waals surface area contributed by atoms with Crippen molar-refractivity contribution in [1.29, 1.82) is 0 Å². The molecule has 0 bridgehead atoms. The third-order valence-corrected chi connectivity index (χ3v) is 2.54. The number of hydrogen-bond acceptors (Lipinski definition) is 7. The maximum Gasteiger partial charge on any atom is 0.413 e. The summed E-state index contributed by atoms with van der Waals surface area (Å²) in [4.78, 5) is 34.4. The van der Waals surface area contributed by atoms with E-state index in [1.165, 1.54) is 6.92 Å². The number of rotatable bonds is 4. The molecule has 1 N–H and O–H groups in total. The van der Waals surface area contributed by atoms with Gasteiger partial charge in [-0.1, -0.05) is 12.1 Å². The number of nitrogens with one attached hydrogen (secondary N) is 1. The molecule has 0 aliphatic carbocycles. The zero-order valence-corrected chi connectivity index (χ0v) is 11.7. The van der Waals surface area contributed by atoms with E-state index in [0.29, 0.717) is 17.9 Å². The number of imide groups is 1. The van der Waals surface area contributed by atoms with Crippen LogP contribution in [0.15, 0.2) is 4.52 Å². The molecule has 0 unspecified atom stereocenters. The van der Waals surface area contributed by atoms with Gasteiger partial charge in [-0.05, 0) is 20.3 Å².